The number of rotatable bonds is 8. The number of halogens is 4. The Balaban J connectivity index is 0.000000801. The predicted octanol–water partition coefficient (Wildman–Crippen LogP) is 2.65. The summed E-state index contributed by atoms with van der Waals surface area (Å²) in [5.74, 6) is -0.364. The van der Waals surface area contributed by atoms with Crippen LogP contribution in [0, 0.1) is 29.9 Å². The van der Waals surface area contributed by atoms with Gasteiger partial charge in [-0.15, -0.1) is 17.2 Å². The van der Waals surface area contributed by atoms with E-state index in [4.69, 9.17) is 22.4 Å². The largest absolute Gasteiger partial charge is 1.00 e. The van der Waals surface area contributed by atoms with Crippen molar-refractivity contribution in [2.75, 3.05) is 19.7 Å². The monoisotopic (exact) mass is 617 g/mol. The molecule has 0 saturated heterocycles. The van der Waals surface area contributed by atoms with Crippen LogP contribution >= 0.6 is 11.6 Å². The summed E-state index contributed by atoms with van der Waals surface area (Å²) in [6.45, 7) is 2.49. The third kappa shape index (κ3) is 12.7. The molecule has 2 amide bonds. The van der Waals surface area contributed by atoms with Gasteiger partial charge in [0.15, 0.2) is 0 Å². The van der Waals surface area contributed by atoms with Crippen molar-refractivity contribution in [3.8, 4) is 0 Å². The molecule has 0 aromatic heterocycles. The van der Waals surface area contributed by atoms with E-state index in [1.807, 2.05) is 26.0 Å². The van der Waals surface area contributed by atoms with E-state index >= 15 is 0 Å². The number of alkyl halides is 3. The molecule has 1 aliphatic carbocycles. The molecular weight excluding hydrogens is 584 g/mol. The number of nitrogens with zero attached hydrogens (tertiary/aromatic N) is 1. The zero-order valence-electron chi connectivity index (χ0n) is 23.5. The molecule has 1 unspecified atom stereocenters. The van der Waals surface area contributed by atoms with Crippen molar-refractivity contribution in [1.82, 2.24) is 10.2 Å². The quantitative estimate of drug-likeness (QED) is 0.136. The molecule has 0 heterocycles. The standard InChI is InChI=1S/C22H28F3N4O3.C7H6Cl.K/c1-2-15-3-5-17(6-4-15)19(27)29(12-11-22(23,24)25)20(31)28-13-18(26)16-7-9-21(32,14-30)10-8-16;1-6-4-2-3-5-7(6)8;/h3-6,26-27,30,32H,2,7,9-14H2,1H3,(H,28,31);2-4H,1H3;/q2*-1;+1. The van der Waals surface area contributed by atoms with Gasteiger partial charge in [-0.05, 0) is 24.9 Å². The topological polar surface area (TPSA) is 121 Å². The minimum atomic E-state index is -4.50. The van der Waals surface area contributed by atoms with E-state index < -0.39 is 37.4 Å². The summed E-state index contributed by atoms with van der Waals surface area (Å²) in [6.07, 6.45) is -1.60. The molecule has 2 aromatic rings. The molecule has 218 valence electrons. The minimum Gasteiger partial charge on any atom is -0.397 e. The Morgan fingerprint density at radius 2 is 1.88 bits per heavy atom. The Bertz CT molecular complexity index is 1190. The van der Waals surface area contributed by atoms with Gasteiger partial charge in [-0.3, -0.25) is 16.4 Å². The van der Waals surface area contributed by atoms with Crippen LogP contribution in [0.15, 0.2) is 48.0 Å². The van der Waals surface area contributed by atoms with Gasteiger partial charge in [0.2, 0.25) is 0 Å². The molecule has 0 aliphatic heterocycles. The third-order valence-corrected chi connectivity index (χ3v) is 6.72. The van der Waals surface area contributed by atoms with E-state index in [0.717, 1.165) is 17.5 Å². The Morgan fingerprint density at radius 1 is 1.22 bits per heavy atom. The van der Waals surface area contributed by atoms with Gasteiger partial charge in [-0.25, -0.2) is 10.4 Å². The van der Waals surface area contributed by atoms with Crippen LogP contribution in [-0.2, 0) is 6.42 Å². The second-order valence-corrected chi connectivity index (χ2v) is 9.81. The molecule has 1 aliphatic rings. The van der Waals surface area contributed by atoms with E-state index in [0.29, 0.717) is 21.1 Å². The van der Waals surface area contributed by atoms with Crippen molar-refractivity contribution in [3.05, 3.63) is 81.9 Å². The number of hydrogen-bond acceptors (Lipinski definition) is 5. The van der Waals surface area contributed by atoms with Crippen LogP contribution in [0.3, 0.4) is 0 Å². The number of aliphatic hydroxyl groups is 2. The SMILES string of the molecule is CCc1ccc(C(=N)N(CCC(F)(F)F)C(=O)NCC(=N)C2=[C-]CC(O)(CO)CC2)cc1.Cc1ccc[c-]c1Cl.[K+]. The number of amides is 2. The maximum absolute atomic E-state index is 12.8. The first-order valence-electron chi connectivity index (χ1n) is 12.7. The average Bonchev–Trinajstić information content (AvgIpc) is 2.93. The molecule has 0 saturated carbocycles. The smallest absolute Gasteiger partial charge is 0.397 e. The molecule has 3 rings (SSSR count). The zero-order chi connectivity index (χ0) is 29.9. The van der Waals surface area contributed by atoms with Crippen LogP contribution < -0.4 is 56.7 Å². The Kier molecular flexibility index (Phi) is 16.0. The van der Waals surface area contributed by atoms with Crippen LogP contribution in [0.25, 0.3) is 0 Å². The number of aliphatic hydroxyl groups excluding tert-OH is 1. The van der Waals surface area contributed by atoms with E-state index in [-0.39, 0.29) is 88.7 Å². The van der Waals surface area contributed by atoms with Crippen molar-refractivity contribution in [3.63, 3.8) is 0 Å². The Labute approximate surface area is 286 Å². The second kappa shape index (κ2) is 17.5. The molecule has 7 nitrogen and oxygen atoms in total. The first-order chi connectivity index (χ1) is 18.8. The fraction of sp³-hybridized carbons (Fsp3) is 0.414. The average molecular weight is 618 g/mol. The molecule has 5 N–H and O–H groups in total. The van der Waals surface area contributed by atoms with Crippen molar-refractivity contribution in [1.29, 1.82) is 10.8 Å². The Hall–Kier alpha value is -1.57. The van der Waals surface area contributed by atoms with E-state index in [9.17, 15) is 28.2 Å². The van der Waals surface area contributed by atoms with Gasteiger partial charge in [0, 0.05) is 12.1 Å². The summed E-state index contributed by atoms with van der Waals surface area (Å²) < 4.78 is 38.3. The summed E-state index contributed by atoms with van der Waals surface area (Å²) in [4.78, 5) is 13.4. The number of hydrogen-bond donors (Lipinski definition) is 5. The van der Waals surface area contributed by atoms with Crippen molar-refractivity contribution in [2.45, 2.75) is 57.7 Å². The van der Waals surface area contributed by atoms with Crippen molar-refractivity contribution >= 4 is 29.2 Å². The number of benzene rings is 2. The fourth-order valence-corrected chi connectivity index (χ4v) is 3.80. The fourth-order valence-electron chi connectivity index (χ4n) is 3.67. The van der Waals surface area contributed by atoms with E-state index in [1.54, 1.807) is 30.3 Å². The molecule has 0 spiro atoms. The van der Waals surface area contributed by atoms with Crippen LogP contribution in [0.2, 0.25) is 5.02 Å². The summed E-state index contributed by atoms with van der Waals surface area (Å²) in [6, 6.07) is 14.3. The van der Waals surface area contributed by atoms with Gasteiger partial charge < -0.3 is 20.9 Å². The minimum absolute atomic E-state index is 0. The molecule has 41 heavy (non-hydrogen) atoms. The van der Waals surface area contributed by atoms with Gasteiger partial charge in [0.05, 0.1) is 18.6 Å². The number of nitrogens with one attached hydrogen (secondary N) is 3. The summed E-state index contributed by atoms with van der Waals surface area (Å²) >= 11 is 5.65. The molecule has 12 heteroatoms. The molecule has 0 bridgehead atoms. The van der Waals surface area contributed by atoms with Crippen LogP contribution in [-0.4, -0.2) is 64.2 Å². The normalized spacial score (nSPS) is 16.3. The summed E-state index contributed by atoms with van der Waals surface area (Å²) in [7, 11) is 0. The molecule has 0 radical (unpaired) electrons. The number of carbonyl (C=O) groups excluding carboxylic acids is 1. The van der Waals surface area contributed by atoms with Gasteiger partial charge >= 0.3 is 63.6 Å². The third-order valence-electron chi connectivity index (χ3n) is 6.31. The first-order valence-corrected chi connectivity index (χ1v) is 13.1. The van der Waals surface area contributed by atoms with Crippen LogP contribution in [0.4, 0.5) is 18.0 Å². The second-order valence-electron chi connectivity index (χ2n) is 9.43. The van der Waals surface area contributed by atoms with Crippen LogP contribution in [0.5, 0.6) is 0 Å². The van der Waals surface area contributed by atoms with Gasteiger partial charge in [-0.1, -0.05) is 61.7 Å². The van der Waals surface area contributed by atoms with Crippen molar-refractivity contribution < 1.29 is 79.6 Å². The van der Waals surface area contributed by atoms with E-state index in [1.165, 1.54) is 0 Å². The summed E-state index contributed by atoms with van der Waals surface area (Å²) in [5.41, 5.74) is 1.58. The van der Waals surface area contributed by atoms with Crippen LogP contribution in [0.1, 0.15) is 49.3 Å². The van der Waals surface area contributed by atoms with Gasteiger partial charge in [0.25, 0.3) is 0 Å². The van der Waals surface area contributed by atoms with Crippen molar-refractivity contribution in [2.24, 2.45) is 0 Å². The molecular formula is C29H34ClF3KN4O3-. The predicted molar refractivity (Wildman–Crippen MR) is 149 cm³/mol. The Morgan fingerprint density at radius 3 is 2.34 bits per heavy atom. The molecule has 1 atom stereocenters. The van der Waals surface area contributed by atoms with Gasteiger partial charge in [-0.2, -0.15) is 37.4 Å². The number of amidine groups is 1. The summed E-state index contributed by atoms with van der Waals surface area (Å²) in [5, 5.41) is 38.7. The van der Waals surface area contributed by atoms with E-state index in [2.05, 4.69) is 17.5 Å². The molecule has 0 fully saturated rings. The maximum Gasteiger partial charge on any atom is 1.00 e. The number of aryl methyl sites for hydroxylation is 2. The zero-order valence-corrected chi connectivity index (χ0v) is 27.3. The molecule has 2 aromatic carbocycles. The number of carbonyl (C=O) groups is 1. The first kappa shape index (κ1) is 37.5. The number of urea groups is 1. The van der Waals surface area contributed by atoms with Gasteiger partial charge in [0.1, 0.15) is 5.84 Å². The maximum atomic E-state index is 12.8.